The van der Waals surface area contributed by atoms with Gasteiger partial charge in [0.1, 0.15) is 0 Å². The van der Waals surface area contributed by atoms with Crippen LogP contribution in [0, 0.1) is 0 Å². The van der Waals surface area contributed by atoms with Crippen LogP contribution in [-0.4, -0.2) is 25.8 Å². The summed E-state index contributed by atoms with van der Waals surface area (Å²) >= 11 is 0. The number of nitrogens with one attached hydrogen (secondary N) is 1. The van der Waals surface area contributed by atoms with Gasteiger partial charge in [-0.05, 0) is 42.0 Å². The Morgan fingerprint density at radius 2 is 1.71 bits per heavy atom. The molecule has 4 rings (SSSR count). The van der Waals surface area contributed by atoms with Crippen molar-refractivity contribution in [3.05, 3.63) is 85.1 Å². The van der Waals surface area contributed by atoms with Gasteiger partial charge in [-0.25, -0.2) is 9.97 Å². The van der Waals surface area contributed by atoms with Crippen molar-refractivity contribution in [3.8, 4) is 22.4 Å². The van der Waals surface area contributed by atoms with Crippen LogP contribution in [0.15, 0.2) is 79.5 Å². The van der Waals surface area contributed by atoms with Crippen molar-refractivity contribution < 1.29 is 4.79 Å². The zero-order valence-electron chi connectivity index (χ0n) is 14.8. The summed E-state index contributed by atoms with van der Waals surface area (Å²) in [6.45, 7) is 0. The quantitative estimate of drug-likeness (QED) is 0.571. The van der Waals surface area contributed by atoms with Crippen LogP contribution in [0.25, 0.3) is 22.4 Å². The second kappa shape index (κ2) is 7.63. The minimum atomic E-state index is -0.208. The van der Waals surface area contributed by atoms with E-state index in [-0.39, 0.29) is 11.9 Å². The van der Waals surface area contributed by atoms with Gasteiger partial charge in [-0.3, -0.25) is 14.8 Å². The summed E-state index contributed by atoms with van der Waals surface area (Å²) in [4.78, 5) is 29.0. The highest BCUT2D eigenvalue weighted by molar-refractivity contribution is 6.04. The Morgan fingerprint density at radius 1 is 0.893 bits per heavy atom. The van der Waals surface area contributed by atoms with Crippen molar-refractivity contribution in [1.82, 2.24) is 19.9 Å². The highest BCUT2D eigenvalue weighted by atomic mass is 16.1. The van der Waals surface area contributed by atoms with E-state index < -0.39 is 0 Å². The smallest absolute Gasteiger partial charge is 0.255 e. The zero-order valence-corrected chi connectivity index (χ0v) is 14.8. The number of amides is 1. The van der Waals surface area contributed by atoms with E-state index in [0.29, 0.717) is 16.9 Å². The first-order chi connectivity index (χ1) is 13.7. The number of nitrogens with two attached hydrogens (primary N) is 1. The molecule has 0 saturated carbocycles. The predicted octanol–water partition coefficient (Wildman–Crippen LogP) is 3.44. The van der Waals surface area contributed by atoms with Gasteiger partial charge in [-0.2, -0.15) is 0 Å². The van der Waals surface area contributed by atoms with Crippen LogP contribution in [0.5, 0.6) is 0 Å². The number of hydrogen-bond donors (Lipinski definition) is 2. The Labute approximate surface area is 161 Å². The van der Waals surface area contributed by atoms with E-state index in [4.69, 9.17) is 5.73 Å². The van der Waals surface area contributed by atoms with Gasteiger partial charge < -0.3 is 11.1 Å². The Morgan fingerprint density at radius 3 is 2.50 bits per heavy atom. The number of pyridine rings is 2. The van der Waals surface area contributed by atoms with E-state index in [1.807, 2.05) is 36.4 Å². The van der Waals surface area contributed by atoms with Crippen molar-refractivity contribution in [1.29, 1.82) is 0 Å². The third-order valence-corrected chi connectivity index (χ3v) is 4.12. The van der Waals surface area contributed by atoms with Crippen LogP contribution in [0.4, 0.5) is 11.6 Å². The maximum atomic E-state index is 12.4. The van der Waals surface area contributed by atoms with Gasteiger partial charge in [0, 0.05) is 53.4 Å². The lowest BCUT2D eigenvalue weighted by Crippen LogP contribution is -2.11. The maximum absolute atomic E-state index is 12.4. The Kier molecular flexibility index (Phi) is 4.71. The lowest BCUT2D eigenvalue weighted by Gasteiger charge is -2.11. The molecule has 0 spiro atoms. The van der Waals surface area contributed by atoms with Crippen molar-refractivity contribution in [2.24, 2.45) is 0 Å². The fourth-order valence-corrected chi connectivity index (χ4v) is 2.80. The molecular formula is C21H16N6O. The molecule has 0 saturated heterocycles. The lowest BCUT2D eigenvalue weighted by molar-refractivity contribution is 0.102. The molecule has 3 aromatic heterocycles. The van der Waals surface area contributed by atoms with Gasteiger partial charge in [-0.15, -0.1) is 0 Å². The summed E-state index contributed by atoms with van der Waals surface area (Å²) in [6.07, 6.45) is 8.26. The van der Waals surface area contributed by atoms with Crippen LogP contribution < -0.4 is 11.1 Å². The molecule has 7 heteroatoms. The normalized spacial score (nSPS) is 10.4. The molecule has 0 aliphatic carbocycles. The minimum Gasteiger partial charge on any atom is -0.368 e. The minimum absolute atomic E-state index is 0.185. The van der Waals surface area contributed by atoms with Crippen LogP contribution >= 0.6 is 0 Å². The molecule has 0 atom stereocenters. The summed E-state index contributed by atoms with van der Waals surface area (Å²) < 4.78 is 0. The number of carbonyl (C=O) groups is 1. The molecule has 4 aromatic rings. The second-order valence-corrected chi connectivity index (χ2v) is 6.00. The fraction of sp³-hybridized carbons (Fsp3) is 0. The van der Waals surface area contributed by atoms with Crippen molar-refractivity contribution in [2.45, 2.75) is 0 Å². The summed E-state index contributed by atoms with van der Waals surface area (Å²) in [5, 5.41) is 2.89. The first-order valence-electron chi connectivity index (χ1n) is 8.55. The first-order valence-corrected chi connectivity index (χ1v) is 8.55. The molecule has 0 aliphatic rings. The molecule has 1 aromatic carbocycles. The van der Waals surface area contributed by atoms with Crippen LogP contribution in [-0.2, 0) is 0 Å². The number of benzene rings is 1. The number of anilines is 2. The van der Waals surface area contributed by atoms with Crippen LogP contribution in [0.1, 0.15) is 10.4 Å². The predicted molar refractivity (Wildman–Crippen MR) is 107 cm³/mol. The van der Waals surface area contributed by atoms with E-state index >= 15 is 0 Å². The van der Waals surface area contributed by atoms with Gasteiger partial charge in [0.25, 0.3) is 5.91 Å². The van der Waals surface area contributed by atoms with Gasteiger partial charge in [0.2, 0.25) is 5.95 Å². The van der Waals surface area contributed by atoms with Gasteiger partial charge in [0.15, 0.2) is 0 Å². The molecule has 1 amide bonds. The van der Waals surface area contributed by atoms with Crippen LogP contribution in [0.3, 0.4) is 0 Å². The van der Waals surface area contributed by atoms with E-state index in [2.05, 4.69) is 25.3 Å². The average molecular weight is 368 g/mol. The number of carbonyl (C=O) groups excluding carboxylic acids is 1. The zero-order chi connectivity index (χ0) is 19.3. The number of nitrogens with zero attached hydrogens (tertiary/aromatic N) is 4. The molecule has 0 unspecified atom stereocenters. The molecule has 28 heavy (non-hydrogen) atoms. The summed E-state index contributed by atoms with van der Waals surface area (Å²) in [5.74, 6) is -0.0228. The standard InChI is InChI=1S/C21H16N6O/c22-21-25-13-18(19(27-21)16-4-2-8-24-12-16)15-3-1-5-17(11-15)26-20(28)14-6-9-23-10-7-14/h1-13H,(H,26,28)(H2,22,25,27). The molecule has 136 valence electrons. The fourth-order valence-electron chi connectivity index (χ4n) is 2.80. The molecule has 0 aliphatic heterocycles. The first kappa shape index (κ1) is 17.3. The molecule has 7 nitrogen and oxygen atoms in total. The second-order valence-electron chi connectivity index (χ2n) is 6.00. The molecule has 3 N–H and O–H groups in total. The Balaban J connectivity index is 1.70. The summed E-state index contributed by atoms with van der Waals surface area (Å²) in [6, 6.07) is 14.5. The van der Waals surface area contributed by atoms with Gasteiger partial charge in [0.05, 0.1) is 5.69 Å². The summed E-state index contributed by atoms with van der Waals surface area (Å²) in [5.41, 5.74) is 10.2. The highest BCUT2D eigenvalue weighted by Gasteiger charge is 2.12. The van der Waals surface area contributed by atoms with E-state index in [9.17, 15) is 4.79 Å². The third-order valence-electron chi connectivity index (χ3n) is 4.12. The van der Waals surface area contributed by atoms with Crippen molar-refractivity contribution in [3.63, 3.8) is 0 Å². The molecular weight excluding hydrogens is 352 g/mol. The molecule has 0 radical (unpaired) electrons. The van der Waals surface area contributed by atoms with Crippen molar-refractivity contribution >= 4 is 17.5 Å². The molecule has 0 fully saturated rings. The monoisotopic (exact) mass is 368 g/mol. The number of hydrogen-bond acceptors (Lipinski definition) is 6. The Bertz CT molecular complexity index is 1120. The van der Waals surface area contributed by atoms with E-state index in [1.165, 1.54) is 0 Å². The largest absolute Gasteiger partial charge is 0.368 e. The summed E-state index contributed by atoms with van der Waals surface area (Å²) in [7, 11) is 0. The SMILES string of the molecule is Nc1ncc(-c2cccc(NC(=O)c3ccncc3)c2)c(-c2cccnc2)n1. The lowest BCUT2D eigenvalue weighted by atomic mass is 10.0. The highest BCUT2D eigenvalue weighted by Crippen LogP contribution is 2.31. The van der Waals surface area contributed by atoms with Crippen molar-refractivity contribution in [2.75, 3.05) is 11.1 Å². The average Bonchev–Trinajstić information content (AvgIpc) is 2.75. The maximum Gasteiger partial charge on any atom is 0.255 e. The number of nitrogen functional groups attached to an aromatic ring is 1. The molecule has 0 bridgehead atoms. The van der Waals surface area contributed by atoms with Gasteiger partial charge >= 0.3 is 0 Å². The number of aromatic nitrogens is 4. The van der Waals surface area contributed by atoms with E-state index in [0.717, 1.165) is 16.7 Å². The third kappa shape index (κ3) is 3.68. The number of rotatable bonds is 4. The van der Waals surface area contributed by atoms with Gasteiger partial charge in [-0.1, -0.05) is 12.1 Å². The van der Waals surface area contributed by atoms with E-state index in [1.54, 1.807) is 43.1 Å². The van der Waals surface area contributed by atoms with Crippen LogP contribution in [0.2, 0.25) is 0 Å². The Hall–Kier alpha value is -4.13. The molecule has 3 heterocycles. The topological polar surface area (TPSA) is 107 Å².